The molecule has 1 aromatic rings. The zero-order valence-electron chi connectivity index (χ0n) is 10.3. The molecule has 16 heavy (non-hydrogen) atoms. The van der Waals surface area contributed by atoms with Gasteiger partial charge in [-0.2, -0.15) is 0 Å². The summed E-state index contributed by atoms with van der Waals surface area (Å²) in [6, 6.07) is 3.50. The Labute approximate surface area is 97.3 Å². The Kier molecular flexibility index (Phi) is 5.22. The predicted octanol–water partition coefficient (Wildman–Crippen LogP) is 1.14. The Hall–Kier alpha value is -1.13. The van der Waals surface area contributed by atoms with Crippen molar-refractivity contribution in [1.29, 1.82) is 0 Å². The molecule has 4 nitrogen and oxygen atoms in total. The summed E-state index contributed by atoms with van der Waals surface area (Å²) in [5.74, 6) is 0.266. The molecule has 0 aromatic carbocycles. The number of nitrogens with zero attached hydrogens (tertiary/aromatic N) is 2. The van der Waals surface area contributed by atoms with Gasteiger partial charge in [0, 0.05) is 25.3 Å². The summed E-state index contributed by atoms with van der Waals surface area (Å²) in [6.07, 6.45) is 0. The van der Waals surface area contributed by atoms with E-state index in [1.807, 2.05) is 13.0 Å². The number of pyridine rings is 1. The molecule has 0 unspecified atom stereocenters. The first kappa shape index (κ1) is 12.9. The van der Waals surface area contributed by atoms with E-state index in [4.69, 9.17) is 0 Å². The lowest BCUT2D eigenvalue weighted by molar-refractivity contribution is 0.347. The second-order valence-corrected chi connectivity index (χ2v) is 3.99. The Bertz CT molecular complexity index is 328. The molecule has 0 spiro atoms. The molecule has 0 saturated heterocycles. The normalized spacial score (nSPS) is 11.0. The quantitative estimate of drug-likeness (QED) is 0.710. The van der Waals surface area contributed by atoms with E-state index in [9.17, 15) is 5.11 Å². The largest absolute Gasteiger partial charge is 0.506 e. The lowest BCUT2D eigenvalue weighted by Crippen LogP contribution is -2.29. The van der Waals surface area contributed by atoms with Gasteiger partial charge in [0.1, 0.15) is 5.75 Å². The number of hydrogen-bond donors (Lipinski definition) is 2. The third-order valence-electron chi connectivity index (χ3n) is 2.59. The van der Waals surface area contributed by atoms with Crippen LogP contribution in [0, 0.1) is 6.92 Å². The molecule has 0 amide bonds. The third-order valence-corrected chi connectivity index (χ3v) is 2.59. The van der Waals surface area contributed by atoms with Crippen LogP contribution in [0.15, 0.2) is 12.1 Å². The molecule has 1 rings (SSSR count). The van der Waals surface area contributed by atoms with Crippen LogP contribution in [-0.4, -0.2) is 41.7 Å². The van der Waals surface area contributed by atoms with Crippen molar-refractivity contribution in [1.82, 2.24) is 15.2 Å². The summed E-state index contributed by atoms with van der Waals surface area (Å²) in [4.78, 5) is 6.52. The maximum Gasteiger partial charge on any atom is 0.138 e. The van der Waals surface area contributed by atoms with E-state index in [0.717, 1.165) is 31.0 Å². The average Bonchev–Trinajstić information content (AvgIpc) is 2.28. The van der Waals surface area contributed by atoms with Crippen LogP contribution in [0.1, 0.15) is 18.3 Å². The maximum atomic E-state index is 9.58. The number of aromatic nitrogens is 1. The fourth-order valence-electron chi connectivity index (χ4n) is 1.37. The van der Waals surface area contributed by atoms with Crippen molar-refractivity contribution in [2.24, 2.45) is 0 Å². The first-order valence-electron chi connectivity index (χ1n) is 5.68. The number of likely N-dealkylation sites (N-methyl/N-ethyl adjacent to an activating group) is 1. The molecule has 2 N–H and O–H groups in total. The maximum absolute atomic E-state index is 9.58. The molecule has 4 heteroatoms. The van der Waals surface area contributed by atoms with Crippen molar-refractivity contribution in [2.75, 3.05) is 26.7 Å². The first-order chi connectivity index (χ1) is 7.63. The molecule has 0 aliphatic heterocycles. The minimum atomic E-state index is 0.266. The molecule has 1 aromatic heterocycles. The van der Waals surface area contributed by atoms with Crippen LogP contribution in [0.4, 0.5) is 0 Å². The summed E-state index contributed by atoms with van der Waals surface area (Å²) in [7, 11) is 2.09. The average molecular weight is 223 g/mol. The van der Waals surface area contributed by atoms with Gasteiger partial charge in [-0.3, -0.25) is 4.98 Å². The van der Waals surface area contributed by atoms with Gasteiger partial charge in [0.15, 0.2) is 0 Å². The van der Waals surface area contributed by atoms with Crippen LogP contribution in [-0.2, 0) is 6.54 Å². The highest BCUT2D eigenvalue weighted by Gasteiger charge is 2.02. The highest BCUT2D eigenvalue weighted by molar-refractivity contribution is 5.27. The second kappa shape index (κ2) is 6.45. The fraction of sp³-hybridized carbons (Fsp3) is 0.583. The Balaban J connectivity index is 2.34. The first-order valence-corrected chi connectivity index (χ1v) is 5.68. The third kappa shape index (κ3) is 4.16. The van der Waals surface area contributed by atoms with Gasteiger partial charge >= 0.3 is 0 Å². The summed E-state index contributed by atoms with van der Waals surface area (Å²) in [5, 5.41) is 12.8. The standard InChI is InChI=1S/C12H21N3O/c1-4-15(3)8-7-13-9-11-12(16)6-5-10(2)14-11/h5-6,13,16H,4,7-9H2,1-3H3. The highest BCUT2D eigenvalue weighted by Crippen LogP contribution is 2.13. The molecule has 0 fully saturated rings. The zero-order chi connectivity index (χ0) is 12.0. The van der Waals surface area contributed by atoms with Crippen LogP contribution in [0.25, 0.3) is 0 Å². The molecule has 0 radical (unpaired) electrons. The fourth-order valence-corrected chi connectivity index (χ4v) is 1.37. The molecule has 90 valence electrons. The number of aromatic hydroxyl groups is 1. The molecule has 0 aliphatic rings. The van der Waals surface area contributed by atoms with Crippen molar-refractivity contribution in [3.05, 3.63) is 23.5 Å². The number of aryl methyl sites for hydroxylation is 1. The zero-order valence-corrected chi connectivity index (χ0v) is 10.3. The van der Waals surface area contributed by atoms with Gasteiger partial charge in [0.05, 0.1) is 5.69 Å². The Morgan fingerprint density at radius 3 is 2.88 bits per heavy atom. The SMILES string of the molecule is CCN(C)CCNCc1nc(C)ccc1O. The van der Waals surface area contributed by atoms with E-state index < -0.39 is 0 Å². The second-order valence-electron chi connectivity index (χ2n) is 3.99. The van der Waals surface area contributed by atoms with E-state index in [0.29, 0.717) is 6.54 Å². The van der Waals surface area contributed by atoms with E-state index in [1.54, 1.807) is 6.07 Å². The molecule has 1 heterocycles. The Morgan fingerprint density at radius 1 is 1.44 bits per heavy atom. The molecular weight excluding hydrogens is 202 g/mol. The van der Waals surface area contributed by atoms with Crippen LogP contribution in [0.5, 0.6) is 5.75 Å². The Morgan fingerprint density at radius 2 is 2.19 bits per heavy atom. The van der Waals surface area contributed by atoms with Gasteiger partial charge in [-0.1, -0.05) is 6.92 Å². The van der Waals surface area contributed by atoms with Crippen LogP contribution in [0.2, 0.25) is 0 Å². The highest BCUT2D eigenvalue weighted by atomic mass is 16.3. The van der Waals surface area contributed by atoms with Crippen molar-refractivity contribution in [3.8, 4) is 5.75 Å². The number of rotatable bonds is 6. The lowest BCUT2D eigenvalue weighted by atomic mass is 10.3. The minimum Gasteiger partial charge on any atom is -0.506 e. The van der Waals surface area contributed by atoms with Gasteiger partial charge < -0.3 is 15.3 Å². The van der Waals surface area contributed by atoms with E-state index in [1.165, 1.54) is 0 Å². The van der Waals surface area contributed by atoms with Crippen molar-refractivity contribution in [3.63, 3.8) is 0 Å². The minimum absolute atomic E-state index is 0.266. The van der Waals surface area contributed by atoms with Gasteiger partial charge in [0.25, 0.3) is 0 Å². The summed E-state index contributed by atoms with van der Waals surface area (Å²) in [6.45, 7) is 7.63. The van der Waals surface area contributed by atoms with Crippen molar-refractivity contribution < 1.29 is 5.11 Å². The van der Waals surface area contributed by atoms with Crippen LogP contribution in [0.3, 0.4) is 0 Å². The van der Waals surface area contributed by atoms with Crippen molar-refractivity contribution >= 4 is 0 Å². The van der Waals surface area contributed by atoms with Crippen LogP contribution >= 0.6 is 0 Å². The summed E-state index contributed by atoms with van der Waals surface area (Å²) >= 11 is 0. The lowest BCUT2D eigenvalue weighted by Gasteiger charge is -2.14. The topological polar surface area (TPSA) is 48.4 Å². The van der Waals surface area contributed by atoms with E-state index in [-0.39, 0.29) is 5.75 Å². The van der Waals surface area contributed by atoms with Gasteiger partial charge in [0.2, 0.25) is 0 Å². The van der Waals surface area contributed by atoms with Gasteiger partial charge in [-0.25, -0.2) is 0 Å². The van der Waals surface area contributed by atoms with Gasteiger partial charge in [-0.05, 0) is 32.6 Å². The summed E-state index contributed by atoms with van der Waals surface area (Å²) < 4.78 is 0. The monoisotopic (exact) mass is 223 g/mol. The molecule has 0 bridgehead atoms. The molecule has 0 aliphatic carbocycles. The molecular formula is C12H21N3O. The predicted molar refractivity (Wildman–Crippen MR) is 65.5 cm³/mol. The van der Waals surface area contributed by atoms with Gasteiger partial charge in [-0.15, -0.1) is 0 Å². The molecule has 0 saturated carbocycles. The smallest absolute Gasteiger partial charge is 0.138 e. The van der Waals surface area contributed by atoms with E-state index >= 15 is 0 Å². The number of nitrogens with one attached hydrogen (secondary N) is 1. The summed E-state index contributed by atoms with van der Waals surface area (Å²) in [5.41, 5.74) is 1.65. The van der Waals surface area contributed by atoms with Crippen molar-refractivity contribution in [2.45, 2.75) is 20.4 Å². The van der Waals surface area contributed by atoms with E-state index in [2.05, 4.69) is 29.2 Å². The molecule has 0 atom stereocenters. The van der Waals surface area contributed by atoms with Crippen LogP contribution < -0.4 is 5.32 Å². The number of hydrogen-bond acceptors (Lipinski definition) is 4.